The van der Waals surface area contributed by atoms with Gasteiger partial charge in [0.2, 0.25) is 0 Å². The third kappa shape index (κ3) is 5.01. The van der Waals surface area contributed by atoms with Crippen molar-refractivity contribution >= 4 is 74.9 Å². The first-order chi connectivity index (χ1) is 19.1. The lowest BCUT2D eigenvalue weighted by Crippen LogP contribution is -2.70. The van der Waals surface area contributed by atoms with E-state index in [9.17, 15) is 29.7 Å². The van der Waals surface area contributed by atoms with Crippen molar-refractivity contribution in [2.45, 2.75) is 18.0 Å². The van der Waals surface area contributed by atoms with E-state index < -0.39 is 40.7 Å². The number of nitrogens with zero attached hydrogens (tertiary/aromatic N) is 4. The predicted octanol–water partition coefficient (Wildman–Crippen LogP) is 2.39. The average molecular weight is 627 g/mol. The van der Waals surface area contributed by atoms with Crippen LogP contribution in [0.5, 0.6) is 11.5 Å². The van der Waals surface area contributed by atoms with E-state index in [0.717, 1.165) is 16.2 Å². The highest BCUT2D eigenvalue weighted by atomic mass is 35.5. The number of hydrogen-bond acceptors (Lipinski definition) is 13. The number of thiazole rings is 1. The molecule has 40 heavy (non-hydrogen) atoms. The molecule has 5 rings (SSSR count). The van der Waals surface area contributed by atoms with Gasteiger partial charge >= 0.3 is 5.97 Å². The number of β-lactam (4-membered cyclic amide) rings is 1. The lowest BCUT2D eigenvalue weighted by molar-refractivity contribution is -0.150. The fraction of sp³-hybridized carbons (Fsp3) is 0.182. The fourth-order valence-electron chi connectivity index (χ4n) is 3.81. The normalized spacial score (nSPS) is 18.6. The molecule has 2 atom stereocenters. The number of nitrogens with two attached hydrogens (primary N) is 1. The Balaban J connectivity index is 1.31. The van der Waals surface area contributed by atoms with Crippen molar-refractivity contribution in [3.63, 3.8) is 0 Å². The minimum Gasteiger partial charge on any atom is -0.503 e. The summed E-state index contributed by atoms with van der Waals surface area (Å²) in [5, 5.41) is 39.9. The number of halogens is 2. The summed E-state index contributed by atoms with van der Waals surface area (Å²) in [6, 6.07) is 1.72. The number of aromatic hydroxyl groups is 2. The molecular formula is C22H16Cl2N6O8S2. The standard InChI is InChI=1S/C22H16Cl2N6O8S2/c23-9-4-8(13(24)17(32)16(9)31)10-3-7(38-28-10)5-37-29-14(11-6-40-22(25)26-11)18(33)27-15-19(34)30-12(21(35)36)1-2-39-20(15)30/h1,3-4,6,15,20,31-32H,2,5H2,(H2,25,26)(H,27,33)(H,35,36)/b29-14+/t15-,20-/m1/s1. The number of hydrogen-bond donors (Lipinski definition) is 5. The van der Waals surface area contributed by atoms with Crippen LogP contribution in [0.2, 0.25) is 10.0 Å². The number of oxime groups is 1. The van der Waals surface area contributed by atoms with Crippen molar-refractivity contribution in [1.29, 1.82) is 0 Å². The Bertz CT molecular complexity index is 1610. The predicted molar refractivity (Wildman–Crippen MR) is 144 cm³/mol. The molecule has 14 nitrogen and oxygen atoms in total. The van der Waals surface area contributed by atoms with E-state index in [2.05, 4.69) is 20.6 Å². The van der Waals surface area contributed by atoms with Crippen LogP contribution in [0.3, 0.4) is 0 Å². The Hall–Kier alpha value is -3.99. The van der Waals surface area contributed by atoms with Crippen LogP contribution in [0, 0.1) is 0 Å². The maximum atomic E-state index is 13.1. The smallest absolute Gasteiger partial charge is 0.352 e. The first kappa shape index (κ1) is 27.6. The molecule has 18 heteroatoms. The van der Waals surface area contributed by atoms with Gasteiger partial charge in [-0.25, -0.2) is 9.78 Å². The molecule has 4 heterocycles. The molecule has 1 aromatic carbocycles. The summed E-state index contributed by atoms with van der Waals surface area (Å²) in [7, 11) is 0. The summed E-state index contributed by atoms with van der Waals surface area (Å²) in [4.78, 5) is 47.7. The van der Waals surface area contributed by atoms with Crippen LogP contribution in [-0.4, -0.2) is 71.0 Å². The van der Waals surface area contributed by atoms with E-state index in [1.165, 1.54) is 35.4 Å². The molecule has 0 saturated carbocycles. The molecule has 0 spiro atoms. The number of nitrogen functional groups attached to an aromatic ring is 1. The largest absolute Gasteiger partial charge is 0.503 e. The minimum atomic E-state index is -1.24. The van der Waals surface area contributed by atoms with Gasteiger partial charge in [-0.2, -0.15) is 0 Å². The third-order valence-electron chi connectivity index (χ3n) is 5.70. The van der Waals surface area contributed by atoms with Gasteiger partial charge in [0.1, 0.15) is 28.5 Å². The van der Waals surface area contributed by atoms with Crippen molar-refractivity contribution in [3.05, 3.63) is 50.8 Å². The van der Waals surface area contributed by atoms with Gasteiger partial charge in [0.15, 0.2) is 34.7 Å². The number of carbonyl (C=O) groups is 3. The van der Waals surface area contributed by atoms with Gasteiger partial charge in [-0.3, -0.25) is 14.5 Å². The second kappa shape index (κ2) is 10.9. The Morgan fingerprint density at radius 3 is 2.77 bits per heavy atom. The number of anilines is 1. The lowest BCUT2D eigenvalue weighted by atomic mass is 10.0. The monoisotopic (exact) mass is 626 g/mol. The van der Waals surface area contributed by atoms with E-state index in [1.54, 1.807) is 0 Å². The number of phenolic OH excluding ortho intramolecular Hbond substituents is 2. The molecule has 0 aliphatic carbocycles. The number of fused-ring (bicyclic) bond motifs is 1. The number of carbonyl (C=O) groups excluding carboxylic acids is 2. The summed E-state index contributed by atoms with van der Waals surface area (Å²) in [5.74, 6) is -3.31. The topological polar surface area (TPSA) is 214 Å². The second-order valence-electron chi connectivity index (χ2n) is 8.16. The second-order valence-corrected chi connectivity index (χ2v) is 11.0. The Labute approximate surface area is 242 Å². The highest BCUT2D eigenvalue weighted by Gasteiger charge is 2.53. The van der Waals surface area contributed by atoms with Crippen LogP contribution in [0.25, 0.3) is 11.3 Å². The zero-order valence-electron chi connectivity index (χ0n) is 19.7. The summed E-state index contributed by atoms with van der Waals surface area (Å²) in [6.07, 6.45) is 1.43. The Kier molecular flexibility index (Phi) is 7.50. The molecule has 2 amide bonds. The maximum absolute atomic E-state index is 13.1. The molecular weight excluding hydrogens is 611 g/mol. The first-order valence-corrected chi connectivity index (χ1v) is 13.7. The summed E-state index contributed by atoms with van der Waals surface area (Å²) in [6.45, 7) is -0.305. The average Bonchev–Trinajstić information content (AvgIpc) is 3.58. The number of phenols is 2. The Morgan fingerprint density at radius 1 is 1.30 bits per heavy atom. The number of benzene rings is 1. The zero-order chi connectivity index (χ0) is 28.7. The van der Waals surface area contributed by atoms with Crippen LogP contribution in [0.1, 0.15) is 11.5 Å². The minimum absolute atomic E-state index is 0.0882. The van der Waals surface area contributed by atoms with Gasteiger partial charge in [-0.1, -0.05) is 33.5 Å². The molecule has 0 radical (unpaired) electrons. The molecule has 3 aromatic rings. The van der Waals surface area contributed by atoms with Crippen molar-refractivity contribution in [3.8, 4) is 22.8 Å². The van der Waals surface area contributed by atoms with Gasteiger partial charge in [0, 0.05) is 22.8 Å². The van der Waals surface area contributed by atoms with E-state index in [-0.39, 0.29) is 55.9 Å². The molecule has 0 bridgehead atoms. The number of carboxylic acids is 1. The Morgan fingerprint density at radius 2 is 2.08 bits per heavy atom. The number of rotatable bonds is 8. The highest BCUT2D eigenvalue weighted by molar-refractivity contribution is 8.00. The van der Waals surface area contributed by atoms with Crippen LogP contribution in [-0.2, 0) is 25.8 Å². The molecule has 208 valence electrons. The van der Waals surface area contributed by atoms with Crippen LogP contribution in [0.15, 0.2) is 39.0 Å². The summed E-state index contributed by atoms with van der Waals surface area (Å²) in [5.41, 5.74) is 5.72. The maximum Gasteiger partial charge on any atom is 0.352 e. The molecule has 0 unspecified atom stereocenters. The van der Waals surface area contributed by atoms with Crippen molar-refractivity contribution in [1.82, 2.24) is 20.4 Å². The van der Waals surface area contributed by atoms with E-state index in [4.69, 9.17) is 38.3 Å². The molecule has 2 aliphatic rings. The van der Waals surface area contributed by atoms with Crippen LogP contribution in [0.4, 0.5) is 5.13 Å². The number of carboxylic acid groups (broad SMARTS) is 1. The molecule has 1 fully saturated rings. The lowest BCUT2D eigenvalue weighted by Gasteiger charge is -2.48. The van der Waals surface area contributed by atoms with Gasteiger partial charge in [0.25, 0.3) is 11.8 Å². The van der Waals surface area contributed by atoms with Crippen LogP contribution < -0.4 is 11.1 Å². The van der Waals surface area contributed by atoms with Gasteiger partial charge in [-0.15, -0.1) is 23.1 Å². The van der Waals surface area contributed by atoms with Gasteiger partial charge < -0.3 is 35.7 Å². The number of aliphatic carboxylic acids is 1. The quantitative estimate of drug-likeness (QED) is 0.105. The molecule has 1 saturated heterocycles. The number of amides is 2. The molecule has 2 aliphatic heterocycles. The number of thioether (sulfide) groups is 1. The number of aromatic nitrogens is 2. The van der Waals surface area contributed by atoms with Crippen LogP contribution >= 0.6 is 46.3 Å². The molecule has 2 aromatic heterocycles. The summed E-state index contributed by atoms with van der Waals surface area (Å²) >= 11 is 14.3. The van der Waals surface area contributed by atoms with E-state index in [0.29, 0.717) is 5.75 Å². The van der Waals surface area contributed by atoms with Crippen molar-refractivity contribution < 1.29 is 39.1 Å². The first-order valence-electron chi connectivity index (χ1n) is 11.0. The van der Waals surface area contributed by atoms with E-state index >= 15 is 0 Å². The van der Waals surface area contributed by atoms with Crippen molar-refractivity contribution in [2.24, 2.45) is 5.16 Å². The fourth-order valence-corrected chi connectivity index (χ4v) is 5.99. The molecule has 6 N–H and O–H groups in total. The van der Waals surface area contributed by atoms with Gasteiger partial charge in [-0.05, 0) is 12.1 Å². The van der Waals surface area contributed by atoms with E-state index in [1.807, 2.05) is 0 Å². The third-order valence-corrected chi connectivity index (χ3v) is 8.22. The van der Waals surface area contributed by atoms with Gasteiger partial charge in [0.05, 0.1) is 10.0 Å². The SMILES string of the molecule is Nc1nc(/C(=N\OCc2cc(-c3cc(Cl)c(O)c(O)c3Cl)no2)C(=O)N[C@@H]2C(=O)N3C(C(=O)O)=CCS[C@H]23)cs1. The number of nitrogens with one attached hydrogen (secondary N) is 1. The summed E-state index contributed by atoms with van der Waals surface area (Å²) < 4.78 is 5.20. The zero-order valence-corrected chi connectivity index (χ0v) is 22.8. The van der Waals surface area contributed by atoms with Crippen molar-refractivity contribution in [2.75, 3.05) is 11.5 Å². The highest BCUT2D eigenvalue weighted by Crippen LogP contribution is 2.45.